The number of rotatable bonds is 4. The highest BCUT2D eigenvalue weighted by atomic mass is 16.2. The van der Waals surface area contributed by atoms with Crippen molar-refractivity contribution in [1.82, 2.24) is 20.5 Å². The van der Waals surface area contributed by atoms with Gasteiger partial charge in [-0.05, 0) is 38.2 Å². The molecule has 0 radical (unpaired) electrons. The molecule has 3 amide bonds. The lowest BCUT2D eigenvalue weighted by Crippen LogP contribution is -2.51. The van der Waals surface area contributed by atoms with Gasteiger partial charge in [-0.15, -0.1) is 0 Å². The van der Waals surface area contributed by atoms with Crippen LogP contribution >= 0.6 is 0 Å². The Kier molecular flexibility index (Phi) is 6.30. The van der Waals surface area contributed by atoms with Gasteiger partial charge in [0.1, 0.15) is 5.82 Å². The average molecular weight is 359 g/mol. The van der Waals surface area contributed by atoms with Crippen molar-refractivity contribution in [2.24, 2.45) is 0 Å². The van der Waals surface area contributed by atoms with E-state index in [4.69, 9.17) is 0 Å². The standard InChI is InChI=1S/C19H29N5O2/c1-15(25)22-17-8-6-12-24(14-17)19(26)21-13-16-7-5-9-20-18(16)23-10-3-2-4-11-23/h5,7,9,17H,2-4,6,8,10-14H2,1H3,(H,21,26)(H,22,25). The molecule has 1 unspecified atom stereocenters. The quantitative estimate of drug-likeness (QED) is 0.860. The first-order valence-corrected chi connectivity index (χ1v) is 9.62. The Morgan fingerprint density at radius 2 is 2.00 bits per heavy atom. The molecule has 2 aliphatic heterocycles. The van der Waals surface area contributed by atoms with Gasteiger partial charge in [-0.25, -0.2) is 9.78 Å². The van der Waals surface area contributed by atoms with Gasteiger partial charge in [0, 0.05) is 57.4 Å². The summed E-state index contributed by atoms with van der Waals surface area (Å²) in [5.41, 5.74) is 1.05. The Hall–Kier alpha value is -2.31. The minimum Gasteiger partial charge on any atom is -0.356 e. The number of carbonyl (C=O) groups excluding carboxylic acids is 2. The predicted molar refractivity (Wildman–Crippen MR) is 101 cm³/mol. The highest BCUT2D eigenvalue weighted by Crippen LogP contribution is 2.21. The van der Waals surface area contributed by atoms with Gasteiger partial charge in [0.2, 0.25) is 5.91 Å². The fourth-order valence-corrected chi connectivity index (χ4v) is 3.81. The minimum atomic E-state index is -0.0755. The minimum absolute atomic E-state index is 0.0428. The second-order valence-electron chi connectivity index (χ2n) is 7.18. The van der Waals surface area contributed by atoms with Crippen LogP contribution in [0.15, 0.2) is 18.3 Å². The highest BCUT2D eigenvalue weighted by Gasteiger charge is 2.24. The predicted octanol–water partition coefficient (Wildman–Crippen LogP) is 1.88. The van der Waals surface area contributed by atoms with Gasteiger partial charge in [-0.1, -0.05) is 6.07 Å². The molecule has 0 aliphatic carbocycles. The highest BCUT2D eigenvalue weighted by molar-refractivity contribution is 5.75. The molecule has 0 spiro atoms. The molecule has 2 saturated heterocycles. The van der Waals surface area contributed by atoms with E-state index in [0.717, 1.165) is 43.9 Å². The van der Waals surface area contributed by atoms with Gasteiger partial charge in [-0.3, -0.25) is 4.79 Å². The Balaban J connectivity index is 1.57. The maximum Gasteiger partial charge on any atom is 0.317 e. The molecule has 7 nitrogen and oxygen atoms in total. The molecule has 1 aromatic heterocycles. The zero-order valence-electron chi connectivity index (χ0n) is 15.5. The van der Waals surface area contributed by atoms with Crippen molar-refractivity contribution in [1.29, 1.82) is 0 Å². The van der Waals surface area contributed by atoms with Crippen LogP contribution in [0.1, 0.15) is 44.6 Å². The smallest absolute Gasteiger partial charge is 0.317 e. The normalized spacial score (nSPS) is 20.6. The van der Waals surface area contributed by atoms with Crippen LogP contribution in [-0.2, 0) is 11.3 Å². The second kappa shape index (κ2) is 8.87. The van der Waals surface area contributed by atoms with Crippen molar-refractivity contribution in [3.8, 4) is 0 Å². The van der Waals surface area contributed by atoms with Gasteiger partial charge >= 0.3 is 6.03 Å². The monoisotopic (exact) mass is 359 g/mol. The van der Waals surface area contributed by atoms with E-state index in [-0.39, 0.29) is 18.0 Å². The number of piperidine rings is 2. The van der Waals surface area contributed by atoms with Crippen LogP contribution < -0.4 is 15.5 Å². The van der Waals surface area contributed by atoms with Crippen molar-refractivity contribution in [3.05, 3.63) is 23.9 Å². The average Bonchev–Trinajstić information content (AvgIpc) is 2.67. The largest absolute Gasteiger partial charge is 0.356 e. The maximum atomic E-state index is 12.6. The van der Waals surface area contributed by atoms with Crippen LogP contribution in [-0.4, -0.2) is 54.0 Å². The second-order valence-corrected chi connectivity index (χ2v) is 7.18. The number of nitrogens with one attached hydrogen (secondary N) is 2. The zero-order chi connectivity index (χ0) is 18.4. The van der Waals surface area contributed by atoms with Gasteiger partial charge in [0.25, 0.3) is 0 Å². The lowest BCUT2D eigenvalue weighted by atomic mass is 10.1. The van der Waals surface area contributed by atoms with Gasteiger partial charge in [0.05, 0.1) is 0 Å². The molecular weight excluding hydrogens is 330 g/mol. The number of likely N-dealkylation sites (tertiary alicyclic amines) is 1. The van der Waals surface area contributed by atoms with E-state index in [2.05, 4.69) is 20.5 Å². The van der Waals surface area contributed by atoms with Crippen molar-refractivity contribution >= 4 is 17.8 Å². The molecule has 3 heterocycles. The molecule has 0 bridgehead atoms. The Morgan fingerprint density at radius 1 is 1.19 bits per heavy atom. The number of hydrogen-bond donors (Lipinski definition) is 2. The number of pyridine rings is 1. The summed E-state index contributed by atoms with van der Waals surface area (Å²) in [7, 11) is 0. The molecule has 2 fully saturated rings. The first-order chi connectivity index (χ1) is 12.6. The number of hydrogen-bond acceptors (Lipinski definition) is 4. The van der Waals surface area contributed by atoms with Crippen molar-refractivity contribution in [3.63, 3.8) is 0 Å². The summed E-state index contributed by atoms with van der Waals surface area (Å²) in [6.45, 7) is 5.35. The third-order valence-corrected chi connectivity index (χ3v) is 5.07. The van der Waals surface area contributed by atoms with E-state index in [1.807, 2.05) is 18.3 Å². The Labute approximate surface area is 155 Å². The number of carbonyl (C=O) groups is 2. The molecule has 26 heavy (non-hydrogen) atoms. The topological polar surface area (TPSA) is 77.6 Å². The van der Waals surface area contributed by atoms with Gasteiger partial charge in [-0.2, -0.15) is 0 Å². The summed E-state index contributed by atoms with van der Waals surface area (Å²) < 4.78 is 0. The molecule has 142 valence electrons. The third-order valence-electron chi connectivity index (χ3n) is 5.07. The SMILES string of the molecule is CC(=O)NC1CCCN(C(=O)NCc2cccnc2N2CCCCC2)C1. The van der Waals surface area contributed by atoms with E-state index >= 15 is 0 Å². The molecule has 0 aromatic carbocycles. The van der Waals surface area contributed by atoms with E-state index in [9.17, 15) is 9.59 Å². The fraction of sp³-hybridized carbons (Fsp3) is 0.632. The van der Waals surface area contributed by atoms with Crippen molar-refractivity contribution < 1.29 is 9.59 Å². The van der Waals surface area contributed by atoms with E-state index in [1.54, 1.807) is 4.90 Å². The molecule has 7 heteroatoms. The van der Waals surface area contributed by atoms with Crippen molar-refractivity contribution in [2.45, 2.75) is 51.6 Å². The van der Waals surface area contributed by atoms with Crippen LogP contribution in [0.25, 0.3) is 0 Å². The van der Waals surface area contributed by atoms with Crippen LogP contribution in [0.3, 0.4) is 0 Å². The summed E-state index contributed by atoms with van der Waals surface area (Å²) in [6.07, 6.45) is 7.31. The molecule has 0 saturated carbocycles. The molecule has 2 aliphatic rings. The van der Waals surface area contributed by atoms with Crippen LogP contribution in [0.5, 0.6) is 0 Å². The van der Waals surface area contributed by atoms with Crippen molar-refractivity contribution in [2.75, 3.05) is 31.1 Å². The molecular formula is C19H29N5O2. The lowest BCUT2D eigenvalue weighted by Gasteiger charge is -2.33. The third kappa shape index (κ3) is 4.86. The van der Waals surface area contributed by atoms with E-state index in [1.165, 1.54) is 26.2 Å². The molecule has 2 N–H and O–H groups in total. The Morgan fingerprint density at radius 3 is 2.77 bits per heavy atom. The molecule has 1 atom stereocenters. The zero-order valence-corrected chi connectivity index (χ0v) is 15.5. The van der Waals surface area contributed by atoms with E-state index < -0.39 is 0 Å². The number of urea groups is 1. The number of aromatic nitrogens is 1. The first kappa shape index (κ1) is 18.5. The summed E-state index contributed by atoms with van der Waals surface area (Å²) in [5, 5.41) is 5.94. The number of nitrogens with zero attached hydrogens (tertiary/aromatic N) is 3. The van der Waals surface area contributed by atoms with Gasteiger partial charge < -0.3 is 20.4 Å². The maximum absolute atomic E-state index is 12.6. The summed E-state index contributed by atoms with van der Waals surface area (Å²) in [6, 6.07) is 3.93. The molecule has 1 aromatic rings. The van der Waals surface area contributed by atoms with Gasteiger partial charge in [0.15, 0.2) is 0 Å². The molecule has 3 rings (SSSR count). The summed E-state index contributed by atoms with van der Waals surface area (Å²) in [4.78, 5) is 32.5. The first-order valence-electron chi connectivity index (χ1n) is 9.62. The lowest BCUT2D eigenvalue weighted by molar-refractivity contribution is -0.119. The fourth-order valence-electron chi connectivity index (χ4n) is 3.81. The number of anilines is 1. The Bertz CT molecular complexity index is 630. The van der Waals surface area contributed by atoms with Crippen LogP contribution in [0.2, 0.25) is 0 Å². The number of amides is 3. The van der Waals surface area contributed by atoms with Crippen LogP contribution in [0, 0.1) is 0 Å². The summed E-state index contributed by atoms with van der Waals surface area (Å²) >= 11 is 0. The van der Waals surface area contributed by atoms with Crippen LogP contribution in [0.4, 0.5) is 10.6 Å². The van der Waals surface area contributed by atoms with E-state index in [0.29, 0.717) is 13.1 Å². The summed E-state index contributed by atoms with van der Waals surface area (Å²) in [5.74, 6) is 0.945.